The van der Waals surface area contributed by atoms with E-state index in [1.807, 2.05) is 6.92 Å². The predicted molar refractivity (Wildman–Crippen MR) is 98.0 cm³/mol. The molecule has 1 unspecified atom stereocenters. The van der Waals surface area contributed by atoms with E-state index in [9.17, 15) is 18.7 Å². The highest BCUT2D eigenvalue weighted by Crippen LogP contribution is 2.25. The first kappa shape index (κ1) is 18.9. The Labute approximate surface area is 154 Å². The second-order valence-corrected chi connectivity index (χ2v) is 6.48. The maximum absolute atomic E-state index is 13.3. The summed E-state index contributed by atoms with van der Waals surface area (Å²) in [6.07, 6.45) is -0.300. The van der Waals surface area contributed by atoms with E-state index in [0.717, 1.165) is 5.69 Å². The van der Waals surface area contributed by atoms with E-state index in [-0.39, 0.29) is 12.4 Å². The van der Waals surface area contributed by atoms with Gasteiger partial charge < -0.3 is 5.11 Å². The number of rotatable bonds is 6. The summed E-state index contributed by atoms with van der Waals surface area (Å²) in [6, 6.07) is 9.22. The maximum atomic E-state index is 13.3. The minimum absolute atomic E-state index is 0.103. The van der Waals surface area contributed by atoms with Gasteiger partial charge in [-0.3, -0.25) is 14.7 Å². The molecule has 2 heterocycles. The SMILES string of the molecule is CCC(O)(CF)CC(=O)Nc1nc2ccc(C)nc2n1-c1ccc(F)cc1. The molecule has 27 heavy (non-hydrogen) atoms. The van der Waals surface area contributed by atoms with E-state index in [2.05, 4.69) is 15.3 Å². The third kappa shape index (κ3) is 3.95. The number of amides is 1. The Kier molecular flexibility index (Phi) is 5.18. The lowest BCUT2D eigenvalue weighted by Crippen LogP contribution is -2.35. The zero-order chi connectivity index (χ0) is 19.6. The molecule has 2 N–H and O–H groups in total. The van der Waals surface area contributed by atoms with Crippen molar-refractivity contribution in [1.82, 2.24) is 14.5 Å². The Morgan fingerprint density at radius 1 is 1.22 bits per heavy atom. The van der Waals surface area contributed by atoms with Crippen molar-refractivity contribution in [2.45, 2.75) is 32.3 Å². The largest absolute Gasteiger partial charge is 0.387 e. The van der Waals surface area contributed by atoms with Gasteiger partial charge in [0.1, 0.15) is 23.6 Å². The van der Waals surface area contributed by atoms with E-state index in [1.165, 1.54) is 12.1 Å². The van der Waals surface area contributed by atoms with Crippen LogP contribution in [0.4, 0.5) is 14.7 Å². The molecule has 0 aliphatic carbocycles. The number of fused-ring (bicyclic) bond motifs is 1. The second-order valence-electron chi connectivity index (χ2n) is 6.48. The van der Waals surface area contributed by atoms with Crippen LogP contribution in [0.5, 0.6) is 0 Å². The summed E-state index contributed by atoms with van der Waals surface area (Å²) in [7, 11) is 0. The van der Waals surface area contributed by atoms with E-state index in [4.69, 9.17) is 0 Å². The fraction of sp³-hybridized carbons (Fsp3) is 0.316. The normalized spacial score (nSPS) is 13.5. The fourth-order valence-corrected chi connectivity index (χ4v) is 2.70. The van der Waals surface area contributed by atoms with Gasteiger partial charge in [-0.25, -0.2) is 18.7 Å². The van der Waals surface area contributed by atoms with Crippen LogP contribution in [0.2, 0.25) is 0 Å². The first-order chi connectivity index (χ1) is 12.8. The summed E-state index contributed by atoms with van der Waals surface area (Å²) in [5, 5.41) is 12.7. The van der Waals surface area contributed by atoms with Gasteiger partial charge in [0.05, 0.1) is 12.1 Å². The van der Waals surface area contributed by atoms with Gasteiger partial charge in [0.2, 0.25) is 11.9 Å². The van der Waals surface area contributed by atoms with Crippen LogP contribution in [-0.4, -0.2) is 37.8 Å². The number of nitrogens with zero attached hydrogens (tertiary/aromatic N) is 3. The molecular formula is C19H20F2N4O2. The van der Waals surface area contributed by atoms with Gasteiger partial charge in [0.25, 0.3) is 0 Å². The van der Waals surface area contributed by atoms with Gasteiger partial charge in [0, 0.05) is 5.69 Å². The number of imidazole rings is 1. The van der Waals surface area contributed by atoms with Gasteiger partial charge >= 0.3 is 0 Å². The van der Waals surface area contributed by atoms with E-state index < -0.39 is 30.4 Å². The number of aryl methyl sites for hydroxylation is 1. The number of benzene rings is 1. The summed E-state index contributed by atoms with van der Waals surface area (Å²) in [4.78, 5) is 21.2. The number of carbonyl (C=O) groups is 1. The Hall–Kier alpha value is -2.87. The first-order valence-electron chi connectivity index (χ1n) is 8.55. The van der Waals surface area contributed by atoms with Crippen molar-refractivity contribution in [1.29, 1.82) is 0 Å². The first-order valence-corrected chi connectivity index (χ1v) is 8.55. The molecule has 0 bridgehead atoms. The number of hydrogen-bond donors (Lipinski definition) is 2. The number of pyridine rings is 1. The van der Waals surface area contributed by atoms with Crippen molar-refractivity contribution in [2.75, 3.05) is 12.0 Å². The van der Waals surface area contributed by atoms with Gasteiger partial charge in [-0.15, -0.1) is 0 Å². The van der Waals surface area contributed by atoms with Crippen LogP contribution in [0.15, 0.2) is 36.4 Å². The standard InChI is InChI=1S/C19H20F2N4O2/c1-3-19(27,11-20)10-16(26)24-18-23-15-9-4-12(2)22-17(15)25(18)14-7-5-13(21)6-8-14/h4-9,27H,3,10-11H2,1-2H3,(H,23,24,26). The third-order valence-electron chi connectivity index (χ3n) is 4.38. The third-order valence-corrected chi connectivity index (χ3v) is 4.38. The van der Waals surface area contributed by atoms with Gasteiger partial charge in [-0.1, -0.05) is 6.92 Å². The van der Waals surface area contributed by atoms with Crippen molar-refractivity contribution in [3.63, 3.8) is 0 Å². The molecule has 0 fully saturated rings. The van der Waals surface area contributed by atoms with E-state index in [0.29, 0.717) is 16.9 Å². The maximum Gasteiger partial charge on any atom is 0.229 e. The summed E-state index contributed by atoms with van der Waals surface area (Å²) < 4.78 is 27.9. The van der Waals surface area contributed by atoms with Crippen molar-refractivity contribution in [3.05, 3.63) is 47.9 Å². The molecule has 0 radical (unpaired) electrons. The highest BCUT2D eigenvalue weighted by molar-refractivity contribution is 5.92. The number of carbonyl (C=O) groups excluding carboxylic acids is 1. The molecule has 1 atom stereocenters. The number of nitrogens with one attached hydrogen (secondary N) is 1. The topological polar surface area (TPSA) is 80.0 Å². The summed E-state index contributed by atoms with van der Waals surface area (Å²) in [6.45, 7) is 2.40. The molecule has 0 spiro atoms. The van der Waals surface area contributed by atoms with Crippen molar-refractivity contribution in [3.8, 4) is 5.69 Å². The lowest BCUT2D eigenvalue weighted by Gasteiger charge is -2.22. The highest BCUT2D eigenvalue weighted by atomic mass is 19.1. The molecule has 3 aromatic rings. The number of anilines is 1. The smallest absolute Gasteiger partial charge is 0.229 e. The molecule has 2 aromatic heterocycles. The van der Waals surface area contributed by atoms with Crippen LogP contribution in [0.1, 0.15) is 25.5 Å². The Bertz CT molecular complexity index is 966. The minimum atomic E-state index is -1.72. The van der Waals surface area contributed by atoms with E-state index in [1.54, 1.807) is 35.8 Å². The monoisotopic (exact) mass is 374 g/mol. The number of aliphatic hydroxyl groups is 1. The van der Waals surface area contributed by atoms with Gasteiger partial charge in [0.15, 0.2) is 5.65 Å². The molecule has 0 saturated heterocycles. The summed E-state index contributed by atoms with van der Waals surface area (Å²) >= 11 is 0. The van der Waals surface area contributed by atoms with Gasteiger partial charge in [-0.05, 0) is 49.7 Å². The van der Waals surface area contributed by atoms with Crippen LogP contribution < -0.4 is 5.32 Å². The number of aromatic nitrogens is 3. The molecule has 1 aromatic carbocycles. The average molecular weight is 374 g/mol. The molecule has 1 amide bonds. The fourth-order valence-electron chi connectivity index (χ4n) is 2.70. The molecule has 142 valence electrons. The highest BCUT2D eigenvalue weighted by Gasteiger charge is 2.29. The summed E-state index contributed by atoms with van der Waals surface area (Å²) in [5.41, 5.74) is 0.626. The number of halogens is 2. The molecule has 0 saturated carbocycles. The van der Waals surface area contributed by atoms with Gasteiger partial charge in [-0.2, -0.15) is 0 Å². The molecule has 3 rings (SSSR count). The summed E-state index contributed by atoms with van der Waals surface area (Å²) in [5.74, 6) is -0.807. The lowest BCUT2D eigenvalue weighted by atomic mass is 9.98. The predicted octanol–water partition coefficient (Wildman–Crippen LogP) is 3.31. The molecular weight excluding hydrogens is 354 g/mol. The quantitative estimate of drug-likeness (QED) is 0.694. The zero-order valence-corrected chi connectivity index (χ0v) is 15.0. The van der Waals surface area contributed by atoms with Crippen LogP contribution >= 0.6 is 0 Å². The van der Waals surface area contributed by atoms with Crippen molar-refractivity contribution < 1.29 is 18.7 Å². The van der Waals surface area contributed by atoms with Crippen molar-refractivity contribution in [2.24, 2.45) is 0 Å². The van der Waals surface area contributed by atoms with Crippen LogP contribution in [-0.2, 0) is 4.79 Å². The number of alkyl halides is 1. The molecule has 8 heteroatoms. The average Bonchev–Trinajstić information content (AvgIpc) is 2.99. The Morgan fingerprint density at radius 2 is 1.93 bits per heavy atom. The molecule has 6 nitrogen and oxygen atoms in total. The van der Waals surface area contributed by atoms with Crippen LogP contribution in [0.25, 0.3) is 16.9 Å². The second kappa shape index (κ2) is 7.40. The van der Waals surface area contributed by atoms with Crippen LogP contribution in [0, 0.1) is 12.7 Å². The molecule has 0 aliphatic rings. The molecule has 0 aliphatic heterocycles. The Morgan fingerprint density at radius 3 is 2.56 bits per heavy atom. The Balaban J connectivity index is 2.03. The minimum Gasteiger partial charge on any atom is -0.387 e. The number of hydrogen-bond acceptors (Lipinski definition) is 4. The van der Waals surface area contributed by atoms with E-state index >= 15 is 0 Å². The zero-order valence-electron chi connectivity index (χ0n) is 15.0. The van der Waals surface area contributed by atoms with Crippen LogP contribution in [0.3, 0.4) is 0 Å². The van der Waals surface area contributed by atoms with Crippen molar-refractivity contribution >= 4 is 23.0 Å². The lowest BCUT2D eigenvalue weighted by molar-refractivity contribution is -0.122.